The highest BCUT2D eigenvalue weighted by Crippen LogP contribution is 2.31. The minimum Gasteiger partial charge on any atom is -0.326 e. The smallest absolute Gasteiger partial charge is 0.274 e. The summed E-state index contributed by atoms with van der Waals surface area (Å²) in [7, 11) is -3.75. The quantitative estimate of drug-likeness (QED) is 0.644. The lowest BCUT2D eigenvalue weighted by atomic mass is 10.2. The molecule has 2 rings (SSSR count). The van der Waals surface area contributed by atoms with Gasteiger partial charge in [-0.15, -0.1) is 0 Å². The van der Waals surface area contributed by atoms with Gasteiger partial charge in [0, 0.05) is 35.2 Å². The number of rotatable bonds is 3. The first kappa shape index (κ1) is 15.4. The maximum Gasteiger partial charge on any atom is 0.274 e. The summed E-state index contributed by atoms with van der Waals surface area (Å²) in [5, 5.41) is 11.0. The fourth-order valence-corrected chi connectivity index (χ4v) is 4.26. The number of halogens is 1. The third kappa shape index (κ3) is 2.71. The SMILES string of the molecule is Cc1c(Br)cc(S(=O)(=O)N2CC[C@@H](N)C2)cc1[N+](=O)[O-]. The van der Waals surface area contributed by atoms with E-state index in [0.717, 1.165) is 6.07 Å². The topological polar surface area (TPSA) is 107 Å². The lowest BCUT2D eigenvalue weighted by Crippen LogP contribution is -2.32. The van der Waals surface area contributed by atoms with E-state index in [-0.39, 0.29) is 23.2 Å². The molecule has 0 bridgehead atoms. The first-order valence-electron chi connectivity index (χ1n) is 5.93. The summed E-state index contributed by atoms with van der Waals surface area (Å²) in [4.78, 5) is 10.3. The Labute approximate surface area is 125 Å². The molecule has 0 radical (unpaired) electrons. The highest BCUT2D eigenvalue weighted by Gasteiger charge is 2.32. The molecule has 9 heteroatoms. The van der Waals surface area contributed by atoms with Crippen molar-refractivity contribution in [2.45, 2.75) is 24.3 Å². The maximum absolute atomic E-state index is 12.4. The standard InChI is InChI=1S/C11H14BrN3O4S/c1-7-10(12)4-9(5-11(7)15(16)17)20(18,19)14-3-2-8(13)6-14/h4-5,8H,2-3,6,13H2,1H3/t8-/m1/s1. The summed E-state index contributed by atoms with van der Waals surface area (Å²) in [5.74, 6) is 0. The summed E-state index contributed by atoms with van der Waals surface area (Å²) in [6, 6.07) is 2.30. The van der Waals surface area contributed by atoms with Gasteiger partial charge in [-0.25, -0.2) is 8.42 Å². The van der Waals surface area contributed by atoms with E-state index in [4.69, 9.17) is 5.73 Å². The predicted molar refractivity (Wildman–Crippen MR) is 76.9 cm³/mol. The van der Waals surface area contributed by atoms with Gasteiger partial charge in [0.1, 0.15) is 0 Å². The monoisotopic (exact) mass is 363 g/mol. The Hall–Kier alpha value is -1.03. The summed E-state index contributed by atoms with van der Waals surface area (Å²) < 4.78 is 26.5. The van der Waals surface area contributed by atoms with Crippen molar-refractivity contribution in [1.29, 1.82) is 0 Å². The number of nitrogens with zero attached hydrogens (tertiary/aromatic N) is 2. The van der Waals surface area contributed by atoms with Crippen molar-refractivity contribution in [3.05, 3.63) is 32.3 Å². The Bertz CT molecular complexity index is 662. The number of nitrogens with two attached hydrogens (primary N) is 1. The van der Waals surface area contributed by atoms with Crippen LogP contribution in [0.4, 0.5) is 5.69 Å². The normalized spacial score (nSPS) is 20.2. The Balaban J connectivity index is 2.50. The number of benzene rings is 1. The number of nitro groups is 1. The fraction of sp³-hybridized carbons (Fsp3) is 0.455. The molecule has 1 heterocycles. The van der Waals surface area contributed by atoms with E-state index in [1.54, 1.807) is 6.92 Å². The van der Waals surface area contributed by atoms with Crippen LogP contribution in [-0.2, 0) is 10.0 Å². The minimum absolute atomic E-state index is 0.0872. The van der Waals surface area contributed by atoms with Crippen molar-refractivity contribution in [2.75, 3.05) is 13.1 Å². The molecular weight excluding hydrogens is 350 g/mol. The molecule has 1 aliphatic rings. The van der Waals surface area contributed by atoms with Crippen molar-refractivity contribution in [3.63, 3.8) is 0 Å². The van der Waals surface area contributed by atoms with Crippen LogP contribution in [-0.4, -0.2) is 36.8 Å². The van der Waals surface area contributed by atoms with Crippen molar-refractivity contribution in [2.24, 2.45) is 5.73 Å². The van der Waals surface area contributed by atoms with Crippen LogP contribution < -0.4 is 5.73 Å². The Morgan fingerprint density at radius 3 is 2.65 bits per heavy atom. The molecule has 1 atom stereocenters. The molecular formula is C11H14BrN3O4S. The minimum atomic E-state index is -3.75. The molecule has 0 amide bonds. The van der Waals surface area contributed by atoms with Crippen LogP contribution in [0.15, 0.2) is 21.5 Å². The highest BCUT2D eigenvalue weighted by atomic mass is 79.9. The van der Waals surface area contributed by atoms with E-state index in [2.05, 4.69) is 15.9 Å². The summed E-state index contributed by atoms with van der Waals surface area (Å²) in [6.07, 6.45) is 0.592. The first-order chi connectivity index (χ1) is 9.23. The molecule has 1 saturated heterocycles. The van der Waals surface area contributed by atoms with E-state index < -0.39 is 14.9 Å². The third-order valence-electron chi connectivity index (χ3n) is 3.31. The predicted octanol–water partition coefficient (Wildman–Crippen LogP) is 1.39. The van der Waals surface area contributed by atoms with Crippen LogP contribution in [0.2, 0.25) is 0 Å². The van der Waals surface area contributed by atoms with E-state index in [1.165, 1.54) is 10.4 Å². The molecule has 110 valence electrons. The molecule has 0 aliphatic carbocycles. The van der Waals surface area contributed by atoms with Gasteiger partial charge >= 0.3 is 0 Å². The van der Waals surface area contributed by atoms with Gasteiger partial charge in [-0.2, -0.15) is 4.31 Å². The van der Waals surface area contributed by atoms with Crippen molar-refractivity contribution in [3.8, 4) is 0 Å². The van der Waals surface area contributed by atoms with Crippen molar-refractivity contribution >= 4 is 31.6 Å². The second-order valence-electron chi connectivity index (χ2n) is 4.72. The van der Waals surface area contributed by atoms with Crippen molar-refractivity contribution in [1.82, 2.24) is 4.31 Å². The van der Waals surface area contributed by atoms with Gasteiger partial charge in [-0.1, -0.05) is 15.9 Å². The van der Waals surface area contributed by atoms with Gasteiger partial charge in [0.15, 0.2) is 0 Å². The van der Waals surface area contributed by atoms with Gasteiger partial charge in [0.2, 0.25) is 10.0 Å². The number of hydrogen-bond acceptors (Lipinski definition) is 5. The second kappa shape index (κ2) is 5.40. The van der Waals surface area contributed by atoms with Crippen LogP contribution in [0.25, 0.3) is 0 Å². The third-order valence-corrected chi connectivity index (χ3v) is 5.98. The van der Waals surface area contributed by atoms with Crippen molar-refractivity contribution < 1.29 is 13.3 Å². The van der Waals surface area contributed by atoms with Gasteiger partial charge in [0.25, 0.3) is 5.69 Å². The summed E-state index contributed by atoms with van der Waals surface area (Å²) >= 11 is 3.17. The zero-order chi connectivity index (χ0) is 15.1. The van der Waals surface area contributed by atoms with Crippen LogP contribution in [0.1, 0.15) is 12.0 Å². The van der Waals surface area contributed by atoms with Crippen LogP contribution >= 0.6 is 15.9 Å². The molecule has 1 fully saturated rings. The molecule has 0 aromatic heterocycles. The van der Waals surface area contributed by atoms with E-state index >= 15 is 0 Å². The molecule has 2 N–H and O–H groups in total. The van der Waals surface area contributed by atoms with Gasteiger partial charge in [-0.05, 0) is 19.4 Å². The number of nitro benzene ring substituents is 1. The fourth-order valence-electron chi connectivity index (χ4n) is 2.10. The largest absolute Gasteiger partial charge is 0.326 e. The van der Waals surface area contributed by atoms with Crippen LogP contribution in [0, 0.1) is 17.0 Å². The first-order valence-corrected chi connectivity index (χ1v) is 8.17. The van der Waals surface area contributed by atoms with Crippen LogP contribution in [0.5, 0.6) is 0 Å². The van der Waals surface area contributed by atoms with E-state index in [1.807, 2.05) is 0 Å². The lowest BCUT2D eigenvalue weighted by Gasteiger charge is -2.16. The summed E-state index contributed by atoms with van der Waals surface area (Å²) in [5.41, 5.74) is 5.88. The molecule has 20 heavy (non-hydrogen) atoms. The maximum atomic E-state index is 12.4. The summed E-state index contributed by atoms with van der Waals surface area (Å²) in [6.45, 7) is 2.13. The lowest BCUT2D eigenvalue weighted by molar-refractivity contribution is -0.385. The Kier molecular flexibility index (Phi) is 4.14. The number of hydrogen-bond donors (Lipinski definition) is 1. The molecule has 7 nitrogen and oxygen atoms in total. The Morgan fingerprint density at radius 2 is 2.15 bits per heavy atom. The highest BCUT2D eigenvalue weighted by molar-refractivity contribution is 9.10. The van der Waals surface area contributed by atoms with E-state index in [9.17, 15) is 18.5 Å². The number of sulfonamides is 1. The van der Waals surface area contributed by atoms with Gasteiger partial charge < -0.3 is 5.73 Å². The van der Waals surface area contributed by atoms with Gasteiger partial charge in [0.05, 0.1) is 9.82 Å². The zero-order valence-electron chi connectivity index (χ0n) is 10.7. The Morgan fingerprint density at radius 1 is 1.50 bits per heavy atom. The zero-order valence-corrected chi connectivity index (χ0v) is 13.1. The second-order valence-corrected chi connectivity index (χ2v) is 7.51. The molecule has 1 aromatic rings. The molecule has 0 unspecified atom stereocenters. The molecule has 0 saturated carbocycles. The molecule has 1 aliphatic heterocycles. The average molecular weight is 364 g/mol. The van der Waals surface area contributed by atoms with E-state index in [0.29, 0.717) is 23.0 Å². The molecule has 1 aromatic carbocycles. The molecule has 0 spiro atoms. The van der Waals surface area contributed by atoms with Gasteiger partial charge in [-0.3, -0.25) is 10.1 Å². The average Bonchev–Trinajstić information content (AvgIpc) is 2.79. The van der Waals surface area contributed by atoms with Crippen LogP contribution in [0.3, 0.4) is 0 Å².